The number of anilines is 1. The predicted octanol–water partition coefficient (Wildman–Crippen LogP) is 5.83. The third-order valence-electron chi connectivity index (χ3n) is 3.72. The molecule has 3 aromatic rings. The summed E-state index contributed by atoms with van der Waals surface area (Å²) in [5, 5.41) is 13.3. The number of hydrogen-bond donors (Lipinski definition) is 3. The summed E-state index contributed by atoms with van der Waals surface area (Å²) in [7, 11) is 0. The first kappa shape index (κ1) is 19.3. The molecule has 0 unspecified atom stereocenters. The number of benzene rings is 3. The average Bonchev–Trinajstić information content (AvgIpc) is 2.74. The van der Waals surface area contributed by atoms with E-state index in [1.54, 1.807) is 36.4 Å². The lowest BCUT2D eigenvalue weighted by Crippen LogP contribution is -2.11. The third-order valence-corrected chi connectivity index (χ3v) is 4.74. The van der Waals surface area contributed by atoms with Crippen molar-refractivity contribution in [2.75, 3.05) is 11.1 Å². The fraction of sp³-hybridized carbons (Fsp3) is 0.0476. The molecule has 0 bridgehead atoms. The number of carbonyl (C=O) groups excluding carboxylic acids is 1. The standard InChI is InChI=1S/C21H18N4O2S/c22-20(25-23)14-28-19-12-6-15(7-13-19)21(26)24-16-8-10-18(11-9-16)27-17-4-2-1-3-5-17/h1-13,22-23H,14H2,(H,24,26). The van der Waals surface area contributed by atoms with Crippen molar-refractivity contribution >= 4 is 29.2 Å². The van der Waals surface area contributed by atoms with Crippen molar-refractivity contribution < 1.29 is 9.53 Å². The molecule has 0 saturated carbocycles. The number of amides is 1. The van der Waals surface area contributed by atoms with Crippen LogP contribution in [0.3, 0.4) is 0 Å². The summed E-state index contributed by atoms with van der Waals surface area (Å²) in [6, 6.07) is 23.8. The van der Waals surface area contributed by atoms with E-state index in [4.69, 9.17) is 15.7 Å². The molecule has 140 valence electrons. The summed E-state index contributed by atoms with van der Waals surface area (Å²) < 4.78 is 5.74. The lowest BCUT2D eigenvalue weighted by Gasteiger charge is -2.08. The van der Waals surface area contributed by atoms with Gasteiger partial charge in [-0.15, -0.1) is 16.9 Å². The fourth-order valence-corrected chi connectivity index (χ4v) is 3.02. The van der Waals surface area contributed by atoms with Crippen molar-refractivity contribution in [3.63, 3.8) is 0 Å². The van der Waals surface area contributed by atoms with Gasteiger partial charge in [0.25, 0.3) is 5.91 Å². The molecule has 0 saturated heterocycles. The van der Waals surface area contributed by atoms with Crippen molar-refractivity contribution in [3.05, 3.63) is 84.4 Å². The maximum absolute atomic E-state index is 12.4. The van der Waals surface area contributed by atoms with Crippen LogP contribution in [0, 0.1) is 10.9 Å². The van der Waals surface area contributed by atoms with E-state index in [9.17, 15) is 4.79 Å². The minimum Gasteiger partial charge on any atom is -0.457 e. The summed E-state index contributed by atoms with van der Waals surface area (Å²) in [6.07, 6.45) is 0. The summed E-state index contributed by atoms with van der Waals surface area (Å²) in [5.74, 6) is 1.57. The Morgan fingerprint density at radius 3 is 2.21 bits per heavy atom. The van der Waals surface area contributed by atoms with Crippen LogP contribution in [-0.4, -0.2) is 17.5 Å². The molecule has 0 heterocycles. The first-order chi connectivity index (χ1) is 13.6. The van der Waals surface area contributed by atoms with E-state index >= 15 is 0 Å². The lowest BCUT2D eigenvalue weighted by molar-refractivity contribution is 0.102. The van der Waals surface area contributed by atoms with Crippen LogP contribution in [0.2, 0.25) is 0 Å². The van der Waals surface area contributed by atoms with Gasteiger partial charge in [0.05, 0.1) is 5.75 Å². The quantitative estimate of drug-likeness (QED) is 0.205. The number of ether oxygens (including phenoxy) is 1. The van der Waals surface area contributed by atoms with Crippen molar-refractivity contribution in [1.29, 1.82) is 10.9 Å². The van der Waals surface area contributed by atoms with Crippen molar-refractivity contribution in [3.8, 4) is 11.5 Å². The maximum Gasteiger partial charge on any atom is 0.255 e. The zero-order chi connectivity index (χ0) is 19.8. The molecular formula is C21H18N4O2S. The average molecular weight is 390 g/mol. The van der Waals surface area contributed by atoms with Gasteiger partial charge in [0.1, 0.15) is 11.5 Å². The largest absolute Gasteiger partial charge is 0.457 e. The molecule has 0 atom stereocenters. The molecule has 3 rings (SSSR count). The summed E-state index contributed by atoms with van der Waals surface area (Å²) in [5.41, 5.74) is 7.98. The molecule has 0 aliphatic carbocycles. The van der Waals surface area contributed by atoms with E-state index in [1.165, 1.54) is 11.8 Å². The van der Waals surface area contributed by atoms with Crippen LogP contribution in [0.1, 0.15) is 10.4 Å². The number of para-hydroxylation sites is 1. The highest BCUT2D eigenvalue weighted by Gasteiger charge is 2.07. The van der Waals surface area contributed by atoms with Gasteiger partial charge in [0.15, 0.2) is 5.84 Å². The monoisotopic (exact) mass is 390 g/mol. The van der Waals surface area contributed by atoms with E-state index in [1.807, 2.05) is 42.5 Å². The van der Waals surface area contributed by atoms with E-state index < -0.39 is 0 Å². The van der Waals surface area contributed by atoms with Crippen LogP contribution in [0.25, 0.3) is 0 Å². The Morgan fingerprint density at radius 1 is 0.929 bits per heavy atom. The zero-order valence-corrected chi connectivity index (χ0v) is 15.7. The molecule has 0 aromatic heterocycles. The van der Waals surface area contributed by atoms with Gasteiger partial charge in [-0.25, -0.2) is 5.53 Å². The summed E-state index contributed by atoms with van der Waals surface area (Å²) >= 11 is 1.40. The fourth-order valence-electron chi connectivity index (χ4n) is 2.32. The van der Waals surface area contributed by atoms with Crippen molar-refractivity contribution in [1.82, 2.24) is 0 Å². The molecule has 0 aliphatic rings. The molecule has 0 fully saturated rings. The van der Waals surface area contributed by atoms with Gasteiger partial charge in [0.2, 0.25) is 0 Å². The number of thioether (sulfide) groups is 1. The van der Waals surface area contributed by atoms with Gasteiger partial charge in [-0.3, -0.25) is 10.2 Å². The smallest absolute Gasteiger partial charge is 0.255 e. The molecule has 3 aromatic carbocycles. The number of hydrogen-bond acceptors (Lipinski definition) is 5. The second-order valence-electron chi connectivity index (χ2n) is 5.77. The van der Waals surface area contributed by atoms with Gasteiger partial charge < -0.3 is 10.1 Å². The van der Waals surface area contributed by atoms with E-state index in [0.29, 0.717) is 22.8 Å². The number of nitrogens with one attached hydrogen (secondary N) is 3. The van der Waals surface area contributed by atoms with Crippen LogP contribution in [-0.2, 0) is 0 Å². The highest BCUT2D eigenvalue weighted by molar-refractivity contribution is 8.00. The summed E-state index contributed by atoms with van der Waals surface area (Å²) in [4.78, 5) is 13.3. The van der Waals surface area contributed by atoms with Crippen LogP contribution in [0.5, 0.6) is 11.5 Å². The molecule has 3 N–H and O–H groups in total. The number of carbonyl (C=O) groups is 1. The van der Waals surface area contributed by atoms with Gasteiger partial charge in [-0.05, 0) is 60.7 Å². The van der Waals surface area contributed by atoms with E-state index in [-0.39, 0.29) is 11.7 Å². The highest BCUT2D eigenvalue weighted by atomic mass is 32.2. The van der Waals surface area contributed by atoms with Crippen LogP contribution in [0.4, 0.5) is 5.69 Å². The minimum absolute atomic E-state index is 0.00603. The van der Waals surface area contributed by atoms with Crippen molar-refractivity contribution in [2.24, 2.45) is 5.11 Å². The Labute approximate surface area is 167 Å². The molecule has 28 heavy (non-hydrogen) atoms. The Balaban J connectivity index is 1.56. The van der Waals surface area contributed by atoms with Gasteiger partial charge in [0, 0.05) is 16.1 Å². The molecule has 0 aliphatic heterocycles. The van der Waals surface area contributed by atoms with E-state index in [2.05, 4.69) is 10.4 Å². The number of rotatable bonds is 7. The lowest BCUT2D eigenvalue weighted by atomic mass is 10.2. The maximum atomic E-state index is 12.4. The minimum atomic E-state index is -0.206. The van der Waals surface area contributed by atoms with Crippen molar-refractivity contribution in [2.45, 2.75) is 4.90 Å². The predicted molar refractivity (Wildman–Crippen MR) is 111 cm³/mol. The highest BCUT2D eigenvalue weighted by Crippen LogP contribution is 2.23. The second kappa shape index (κ2) is 9.48. The first-order valence-corrected chi connectivity index (χ1v) is 9.44. The second-order valence-corrected chi connectivity index (χ2v) is 6.81. The number of amidine groups is 1. The van der Waals surface area contributed by atoms with Gasteiger partial charge in [-0.1, -0.05) is 18.2 Å². The SMILES string of the molecule is N=NC(=N)CSc1ccc(C(=O)Nc2ccc(Oc3ccccc3)cc2)cc1. The first-order valence-electron chi connectivity index (χ1n) is 8.46. The molecule has 0 radical (unpaired) electrons. The van der Waals surface area contributed by atoms with E-state index in [0.717, 1.165) is 10.6 Å². The van der Waals surface area contributed by atoms with Crippen LogP contribution >= 0.6 is 11.8 Å². The molecule has 0 spiro atoms. The van der Waals surface area contributed by atoms with Gasteiger partial charge >= 0.3 is 0 Å². The Hall–Kier alpha value is -3.45. The Kier molecular flexibility index (Phi) is 6.54. The zero-order valence-electron chi connectivity index (χ0n) is 14.9. The molecule has 7 heteroatoms. The molecular weight excluding hydrogens is 372 g/mol. The molecule has 1 amide bonds. The number of nitrogens with zero attached hydrogens (tertiary/aromatic N) is 1. The Morgan fingerprint density at radius 2 is 1.57 bits per heavy atom. The van der Waals surface area contributed by atoms with Crippen LogP contribution in [0.15, 0.2) is 88.9 Å². The van der Waals surface area contributed by atoms with Crippen LogP contribution < -0.4 is 10.1 Å². The molecule has 6 nitrogen and oxygen atoms in total. The van der Waals surface area contributed by atoms with Gasteiger partial charge in [-0.2, -0.15) is 0 Å². The Bertz CT molecular complexity index is 958. The third kappa shape index (κ3) is 5.52. The summed E-state index contributed by atoms with van der Waals surface area (Å²) in [6.45, 7) is 0. The normalized spacial score (nSPS) is 10.1. The topological polar surface area (TPSA) is 98.4 Å².